The minimum atomic E-state index is 0.0906. The van der Waals surface area contributed by atoms with Crippen molar-refractivity contribution in [3.8, 4) is 0 Å². The van der Waals surface area contributed by atoms with E-state index < -0.39 is 0 Å². The minimum Gasteiger partial charge on any atom is -0.378 e. The molecule has 0 spiro atoms. The van der Waals surface area contributed by atoms with Gasteiger partial charge in [0, 0.05) is 76.3 Å². The van der Waals surface area contributed by atoms with E-state index in [4.69, 9.17) is 4.98 Å². The molecule has 8 nitrogen and oxygen atoms in total. The van der Waals surface area contributed by atoms with Crippen molar-refractivity contribution >= 4 is 22.4 Å². The zero-order valence-electron chi connectivity index (χ0n) is 23.2. The molecule has 2 saturated heterocycles. The van der Waals surface area contributed by atoms with Gasteiger partial charge in [-0.15, -0.1) is 0 Å². The Kier molecular flexibility index (Phi) is 7.58. The number of anilines is 2. The van der Waals surface area contributed by atoms with Crippen LogP contribution < -0.4 is 15.8 Å². The minimum absolute atomic E-state index is 0.0906. The smallest absolute Gasteiger partial charge is 0.274 e. The summed E-state index contributed by atoms with van der Waals surface area (Å²) in [6, 6.07) is 9.22. The van der Waals surface area contributed by atoms with Crippen LogP contribution >= 0.6 is 0 Å². The molecule has 0 aromatic carbocycles. The van der Waals surface area contributed by atoms with Crippen molar-refractivity contribution in [2.24, 2.45) is 0 Å². The lowest BCUT2D eigenvalue weighted by Gasteiger charge is -2.33. The van der Waals surface area contributed by atoms with Crippen molar-refractivity contribution in [3.05, 3.63) is 52.7 Å². The number of fused-ring (bicyclic) bond motifs is 1. The Morgan fingerprint density at radius 2 is 1.73 bits per heavy atom. The van der Waals surface area contributed by atoms with E-state index >= 15 is 0 Å². The zero-order valence-corrected chi connectivity index (χ0v) is 23.2. The molecule has 0 saturated carbocycles. The Morgan fingerprint density at radius 3 is 2.41 bits per heavy atom. The van der Waals surface area contributed by atoms with Crippen LogP contribution in [0.5, 0.6) is 0 Å². The van der Waals surface area contributed by atoms with Gasteiger partial charge in [-0.3, -0.25) is 9.69 Å². The average Bonchev–Trinajstić information content (AvgIpc) is 3.25. The number of aromatic nitrogens is 3. The second-order valence-corrected chi connectivity index (χ2v) is 11.4. The Balaban J connectivity index is 1.30. The van der Waals surface area contributed by atoms with Crippen molar-refractivity contribution in [2.75, 3.05) is 56.5 Å². The van der Waals surface area contributed by atoms with Crippen LogP contribution in [0.1, 0.15) is 58.3 Å². The summed E-state index contributed by atoms with van der Waals surface area (Å²) in [4.78, 5) is 25.6. The second kappa shape index (κ2) is 10.9. The van der Waals surface area contributed by atoms with Gasteiger partial charge in [-0.2, -0.15) is 0 Å². The molecule has 0 bridgehead atoms. The number of nitrogens with zero attached hydrogens (tertiary/aromatic N) is 6. The molecular weight excluding hydrogens is 462 g/mol. The Morgan fingerprint density at radius 1 is 1.00 bits per heavy atom. The SMILES string of the molecule is CC(C)Nc1cccn(C2CCN(Cc3ccc4c(n3)c(N3CCN(C)CC3)cn4C(C)C)CC2)c1=O. The first-order valence-electron chi connectivity index (χ1n) is 13.9. The maximum absolute atomic E-state index is 13.0. The summed E-state index contributed by atoms with van der Waals surface area (Å²) in [7, 11) is 2.20. The van der Waals surface area contributed by atoms with E-state index in [9.17, 15) is 4.79 Å². The third-order valence-electron chi connectivity index (χ3n) is 7.87. The van der Waals surface area contributed by atoms with Crippen LogP contribution in [-0.2, 0) is 6.54 Å². The molecule has 5 rings (SSSR count). The van der Waals surface area contributed by atoms with E-state index in [-0.39, 0.29) is 17.6 Å². The molecule has 3 aromatic heterocycles. The molecule has 0 amide bonds. The number of piperazine rings is 1. The molecule has 1 N–H and O–H groups in total. The monoisotopic (exact) mass is 505 g/mol. The molecule has 3 aromatic rings. The lowest BCUT2D eigenvalue weighted by Crippen LogP contribution is -2.44. The molecular formula is C29H43N7O. The maximum atomic E-state index is 13.0. The molecule has 2 aliphatic heterocycles. The zero-order chi connectivity index (χ0) is 26.1. The number of piperidine rings is 1. The summed E-state index contributed by atoms with van der Waals surface area (Å²) in [5.74, 6) is 0. The van der Waals surface area contributed by atoms with E-state index in [1.54, 1.807) is 0 Å². The van der Waals surface area contributed by atoms with Crippen molar-refractivity contribution < 1.29 is 0 Å². The van der Waals surface area contributed by atoms with Gasteiger partial charge in [0.25, 0.3) is 5.56 Å². The van der Waals surface area contributed by atoms with Gasteiger partial charge in [-0.05, 0) is 71.8 Å². The van der Waals surface area contributed by atoms with Crippen molar-refractivity contribution in [2.45, 2.75) is 65.2 Å². The Bertz CT molecular complexity index is 1260. The lowest BCUT2D eigenvalue weighted by atomic mass is 10.0. The van der Waals surface area contributed by atoms with Crippen LogP contribution in [0.3, 0.4) is 0 Å². The molecule has 2 fully saturated rings. The van der Waals surface area contributed by atoms with Gasteiger partial charge in [-0.1, -0.05) is 0 Å². The summed E-state index contributed by atoms with van der Waals surface area (Å²) in [5.41, 5.74) is 5.54. The number of hydrogen-bond acceptors (Lipinski definition) is 6. The highest BCUT2D eigenvalue weighted by molar-refractivity contribution is 5.90. The Labute approximate surface area is 220 Å². The highest BCUT2D eigenvalue weighted by atomic mass is 16.1. The summed E-state index contributed by atoms with van der Waals surface area (Å²) in [5, 5.41) is 3.29. The standard InChI is InChI=1S/C29H43N7O/c1-21(2)30-25-7-6-12-35(29(25)37)24-10-13-33(14-11-24)19-23-8-9-26-28(31-23)27(20-36(26)22(3)4)34-17-15-32(5)16-18-34/h6-9,12,20-22,24,30H,10-11,13-19H2,1-5H3. The quantitative estimate of drug-likeness (QED) is 0.520. The first kappa shape index (κ1) is 25.8. The molecule has 200 valence electrons. The fourth-order valence-electron chi connectivity index (χ4n) is 5.75. The van der Waals surface area contributed by atoms with Gasteiger partial charge in [0.1, 0.15) is 11.2 Å². The number of nitrogens with one attached hydrogen (secondary N) is 1. The normalized spacial score (nSPS) is 18.4. The highest BCUT2D eigenvalue weighted by Crippen LogP contribution is 2.31. The van der Waals surface area contributed by atoms with Crippen LogP contribution in [-0.4, -0.2) is 76.3 Å². The van der Waals surface area contributed by atoms with Gasteiger partial charge in [0.05, 0.1) is 16.9 Å². The number of hydrogen-bond donors (Lipinski definition) is 1. The third-order valence-corrected chi connectivity index (χ3v) is 7.87. The van der Waals surface area contributed by atoms with E-state index in [0.29, 0.717) is 11.7 Å². The largest absolute Gasteiger partial charge is 0.378 e. The molecule has 0 atom stereocenters. The second-order valence-electron chi connectivity index (χ2n) is 11.4. The van der Waals surface area contributed by atoms with Crippen LogP contribution in [0, 0.1) is 0 Å². The first-order chi connectivity index (χ1) is 17.8. The fourth-order valence-corrected chi connectivity index (χ4v) is 5.75. The highest BCUT2D eigenvalue weighted by Gasteiger charge is 2.24. The molecule has 0 aliphatic carbocycles. The van der Waals surface area contributed by atoms with Crippen LogP contribution in [0.2, 0.25) is 0 Å². The van der Waals surface area contributed by atoms with Gasteiger partial charge in [0.15, 0.2) is 0 Å². The van der Waals surface area contributed by atoms with Gasteiger partial charge >= 0.3 is 0 Å². The maximum Gasteiger partial charge on any atom is 0.274 e. The van der Waals surface area contributed by atoms with Crippen LogP contribution in [0.4, 0.5) is 11.4 Å². The van der Waals surface area contributed by atoms with Gasteiger partial charge in [-0.25, -0.2) is 4.98 Å². The molecule has 37 heavy (non-hydrogen) atoms. The number of likely N-dealkylation sites (tertiary alicyclic amines) is 1. The number of likely N-dealkylation sites (N-methyl/N-ethyl adjacent to an activating group) is 1. The van der Waals surface area contributed by atoms with Crippen LogP contribution in [0.15, 0.2) is 41.5 Å². The van der Waals surface area contributed by atoms with Gasteiger partial charge in [0.2, 0.25) is 0 Å². The summed E-state index contributed by atoms with van der Waals surface area (Å²) in [6.45, 7) is 15.6. The molecule has 0 unspecified atom stereocenters. The van der Waals surface area contributed by atoms with E-state index in [2.05, 4.69) is 77.7 Å². The summed E-state index contributed by atoms with van der Waals surface area (Å²) in [6.07, 6.45) is 6.21. The number of rotatable bonds is 7. The first-order valence-corrected chi connectivity index (χ1v) is 13.9. The fraction of sp³-hybridized carbons (Fsp3) is 0.586. The molecule has 0 radical (unpaired) electrons. The van der Waals surface area contributed by atoms with E-state index in [1.807, 2.05) is 22.9 Å². The summed E-state index contributed by atoms with van der Waals surface area (Å²) >= 11 is 0. The average molecular weight is 506 g/mol. The Hall–Kier alpha value is -2.84. The topological polar surface area (TPSA) is 61.6 Å². The van der Waals surface area contributed by atoms with Crippen LogP contribution in [0.25, 0.3) is 11.0 Å². The van der Waals surface area contributed by atoms with E-state index in [0.717, 1.165) is 69.9 Å². The van der Waals surface area contributed by atoms with Crippen molar-refractivity contribution in [3.63, 3.8) is 0 Å². The third kappa shape index (κ3) is 5.55. The van der Waals surface area contributed by atoms with Crippen molar-refractivity contribution in [1.29, 1.82) is 0 Å². The number of pyridine rings is 2. The molecule has 8 heteroatoms. The predicted molar refractivity (Wildman–Crippen MR) is 153 cm³/mol. The lowest BCUT2D eigenvalue weighted by molar-refractivity contribution is 0.176. The predicted octanol–water partition coefficient (Wildman–Crippen LogP) is 4.19. The van der Waals surface area contributed by atoms with E-state index in [1.165, 1.54) is 11.2 Å². The van der Waals surface area contributed by atoms with Crippen molar-refractivity contribution in [1.82, 2.24) is 23.9 Å². The molecule has 5 heterocycles. The van der Waals surface area contributed by atoms with Gasteiger partial charge < -0.3 is 24.3 Å². The summed E-state index contributed by atoms with van der Waals surface area (Å²) < 4.78 is 4.30. The molecule has 2 aliphatic rings.